The van der Waals surface area contributed by atoms with Crippen molar-refractivity contribution in [3.05, 3.63) is 78.0 Å². The molecule has 1 aliphatic rings. The molecule has 2 aromatic carbocycles. The number of amides is 1. The summed E-state index contributed by atoms with van der Waals surface area (Å²) < 4.78 is 0. The zero-order valence-corrected chi connectivity index (χ0v) is 14.8. The molecule has 1 fully saturated rings. The molecular weight excluding hydrogens is 322 g/mol. The maximum Gasteiger partial charge on any atom is 0.256 e. The number of benzene rings is 2. The van der Waals surface area contributed by atoms with Gasteiger partial charge in [0.2, 0.25) is 0 Å². The third-order valence-corrected chi connectivity index (χ3v) is 5.08. The van der Waals surface area contributed by atoms with Crippen LogP contribution in [-0.2, 0) is 6.42 Å². The van der Waals surface area contributed by atoms with E-state index in [1.54, 1.807) is 6.20 Å². The third-order valence-electron chi connectivity index (χ3n) is 5.08. The zero-order valence-electron chi connectivity index (χ0n) is 14.8. The molecule has 0 N–H and O–H groups in total. The van der Waals surface area contributed by atoms with Crippen LogP contribution in [-0.4, -0.2) is 53.4 Å². The molecule has 0 aliphatic carbocycles. The number of fused-ring (bicyclic) bond motifs is 1. The highest BCUT2D eigenvalue weighted by atomic mass is 16.2. The lowest BCUT2D eigenvalue weighted by Gasteiger charge is -2.34. The Bertz CT molecular complexity index is 881. The van der Waals surface area contributed by atoms with Crippen molar-refractivity contribution in [3.63, 3.8) is 0 Å². The Hall–Kier alpha value is -2.72. The molecule has 0 saturated carbocycles. The first-order valence-corrected chi connectivity index (χ1v) is 9.20. The summed E-state index contributed by atoms with van der Waals surface area (Å²) in [6.45, 7) is 4.45. The lowest BCUT2D eigenvalue weighted by atomic mass is 10.1. The average molecular weight is 345 g/mol. The van der Waals surface area contributed by atoms with E-state index in [1.807, 2.05) is 35.2 Å². The fourth-order valence-corrected chi connectivity index (χ4v) is 3.55. The number of hydrogen-bond donors (Lipinski definition) is 0. The van der Waals surface area contributed by atoms with E-state index in [0.717, 1.165) is 50.0 Å². The van der Waals surface area contributed by atoms with E-state index in [9.17, 15) is 4.79 Å². The Labute approximate surface area is 154 Å². The molecular formula is C22H23N3O. The summed E-state index contributed by atoms with van der Waals surface area (Å²) in [4.78, 5) is 21.8. The lowest BCUT2D eigenvalue weighted by Crippen LogP contribution is -2.49. The standard InChI is InChI=1S/C22H23N3O/c26-22(20-10-4-8-19-9-5-12-23-21(19)20)25-16-14-24(15-17-25)13-11-18-6-2-1-3-7-18/h1-10,12H,11,13-17H2. The number of piperazine rings is 1. The van der Waals surface area contributed by atoms with Crippen LogP contribution in [0.2, 0.25) is 0 Å². The van der Waals surface area contributed by atoms with Crippen LogP contribution >= 0.6 is 0 Å². The highest BCUT2D eigenvalue weighted by Gasteiger charge is 2.23. The summed E-state index contributed by atoms with van der Waals surface area (Å²) >= 11 is 0. The van der Waals surface area contributed by atoms with Crippen LogP contribution < -0.4 is 0 Å². The molecule has 1 aromatic heterocycles. The molecule has 132 valence electrons. The van der Waals surface area contributed by atoms with Gasteiger partial charge in [0.15, 0.2) is 0 Å². The maximum absolute atomic E-state index is 13.0. The fourth-order valence-electron chi connectivity index (χ4n) is 3.55. The SMILES string of the molecule is O=C(c1cccc2cccnc12)N1CCN(CCc2ccccc2)CC1. The monoisotopic (exact) mass is 345 g/mol. The number of rotatable bonds is 4. The molecule has 4 nitrogen and oxygen atoms in total. The number of nitrogens with zero attached hydrogens (tertiary/aromatic N) is 3. The molecule has 1 aliphatic heterocycles. The average Bonchev–Trinajstić information content (AvgIpc) is 2.72. The van der Waals surface area contributed by atoms with Crippen molar-refractivity contribution < 1.29 is 4.79 Å². The van der Waals surface area contributed by atoms with E-state index in [1.165, 1.54) is 5.56 Å². The predicted molar refractivity (Wildman–Crippen MR) is 104 cm³/mol. The number of pyridine rings is 1. The summed E-state index contributed by atoms with van der Waals surface area (Å²) in [5.74, 6) is 0.0945. The summed E-state index contributed by atoms with van der Waals surface area (Å²) in [7, 11) is 0. The first-order valence-electron chi connectivity index (χ1n) is 9.20. The molecule has 0 atom stereocenters. The second kappa shape index (κ2) is 7.67. The van der Waals surface area contributed by atoms with Gasteiger partial charge in [-0.1, -0.05) is 48.5 Å². The van der Waals surface area contributed by atoms with Gasteiger partial charge in [-0.2, -0.15) is 0 Å². The van der Waals surface area contributed by atoms with E-state index in [2.05, 4.69) is 40.2 Å². The van der Waals surface area contributed by atoms with Crippen molar-refractivity contribution in [2.24, 2.45) is 0 Å². The van der Waals surface area contributed by atoms with E-state index < -0.39 is 0 Å². The van der Waals surface area contributed by atoms with Crippen molar-refractivity contribution in [1.29, 1.82) is 0 Å². The number of hydrogen-bond acceptors (Lipinski definition) is 3. The topological polar surface area (TPSA) is 36.4 Å². The van der Waals surface area contributed by atoms with Gasteiger partial charge in [-0.25, -0.2) is 0 Å². The van der Waals surface area contributed by atoms with E-state index in [-0.39, 0.29) is 5.91 Å². The normalized spacial score (nSPS) is 15.3. The summed E-state index contributed by atoms with van der Waals surface area (Å²) in [5, 5.41) is 1.01. The van der Waals surface area contributed by atoms with Crippen LogP contribution in [0.25, 0.3) is 10.9 Å². The van der Waals surface area contributed by atoms with Gasteiger partial charge in [0.05, 0.1) is 11.1 Å². The highest BCUT2D eigenvalue weighted by Crippen LogP contribution is 2.18. The Morgan fingerprint density at radius 1 is 0.885 bits per heavy atom. The highest BCUT2D eigenvalue weighted by molar-refractivity contribution is 6.05. The third kappa shape index (κ3) is 3.60. The van der Waals surface area contributed by atoms with Gasteiger partial charge in [-0.15, -0.1) is 0 Å². The number of para-hydroxylation sites is 1. The van der Waals surface area contributed by atoms with Gasteiger partial charge >= 0.3 is 0 Å². The van der Waals surface area contributed by atoms with Crippen LogP contribution in [0.1, 0.15) is 15.9 Å². The molecule has 2 heterocycles. The molecule has 4 rings (SSSR count). The van der Waals surface area contributed by atoms with Gasteiger partial charge in [0.1, 0.15) is 0 Å². The molecule has 3 aromatic rings. The Balaban J connectivity index is 1.37. The molecule has 0 unspecified atom stereocenters. The van der Waals surface area contributed by atoms with Crippen LogP contribution in [0.5, 0.6) is 0 Å². The molecule has 0 bridgehead atoms. The van der Waals surface area contributed by atoms with Crippen LogP contribution in [0.3, 0.4) is 0 Å². The van der Waals surface area contributed by atoms with Crippen LogP contribution in [0.4, 0.5) is 0 Å². The molecule has 0 radical (unpaired) electrons. The number of aromatic nitrogens is 1. The van der Waals surface area contributed by atoms with Gasteiger partial charge in [-0.3, -0.25) is 14.7 Å². The van der Waals surface area contributed by atoms with Gasteiger partial charge in [0, 0.05) is 44.3 Å². The van der Waals surface area contributed by atoms with E-state index in [0.29, 0.717) is 5.56 Å². The van der Waals surface area contributed by atoms with Crippen molar-refractivity contribution in [1.82, 2.24) is 14.8 Å². The molecule has 1 amide bonds. The Morgan fingerprint density at radius 2 is 1.65 bits per heavy atom. The lowest BCUT2D eigenvalue weighted by molar-refractivity contribution is 0.0640. The predicted octanol–water partition coefficient (Wildman–Crippen LogP) is 3.24. The van der Waals surface area contributed by atoms with Gasteiger partial charge in [-0.05, 0) is 24.1 Å². The van der Waals surface area contributed by atoms with Crippen molar-refractivity contribution in [2.75, 3.05) is 32.7 Å². The first-order chi connectivity index (χ1) is 12.8. The number of carbonyl (C=O) groups excluding carboxylic acids is 1. The van der Waals surface area contributed by atoms with E-state index >= 15 is 0 Å². The second-order valence-corrected chi connectivity index (χ2v) is 6.75. The van der Waals surface area contributed by atoms with Crippen molar-refractivity contribution in [3.8, 4) is 0 Å². The summed E-state index contributed by atoms with van der Waals surface area (Å²) in [6, 6.07) is 20.3. The maximum atomic E-state index is 13.0. The first kappa shape index (κ1) is 16.7. The summed E-state index contributed by atoms with van der Waals surface area (Å²) in [5.41, 5.74) is 2.88. The largest absolute Gasteiger partial charge is 0.336 e. The quantitative estimate of drug-likeness (QED) is 0.728. The zero-order chi connectivity index (χ0) is 17.8. The minimum Gasteiger partial charge on any atom is -0.336 e. The van der Waals surface area contributed by atoms with E-state index in [4.69, 9.17) is 0 Å². The minimum atomic E-state index is 0.0945. The van der Waals surface area contributed by atoms with Crippen LogP contribution in [0, 0.1) is 0 Å². The molecule has 0 spiro atoms. The van der Waals surface area contributed by atoms with Crippen molar-refractivity contribution in [2.45, 2.75) is 6.42 Å². The second-order valence-electron chi connectivity index (χ2n) is 6.75. The molecule has 4 heteroatoms. The van der Waals surface area contributed by atoms with Crippen LogP contribution in [0.15, 0.2) is 66.9 Å². The van der Waals surface area contributed by atoms with Gasteiger partial charge in [0.25, 0.3) is 5.91 Å². The molecule has 26 heavy (non-hydrogen) atoms. The Morgan fingerprint density at radius 3 is 2.46 bits per heavy atom. The Kier molecular flexibility index (Phi) is 4.93. The van der Waals surface area contributed by atoms with Crippen molar-refractivity contribution >= 4 is 16.8 Å². The minimum absolute atomic E-state index is 0.0945. The fraction of sp³-hybridized carbons (Fsp3) is 0.273. The molecule has 1 saturated heterocycles. The number of carbonyl (C=O) groups is 1. The smallest absolute Gasteiger partial charge is 0.256 e. The summed E-state index contributed by atoms with van der Waals surface area (Å²) in [6.07, 6.45) is 2.81. The van der Waals surface area contributed by atoms with Gasteiger partial charge < -0.3 is 4.90 Å².